The van der Waals surface area contributed by atoms with E-state index >= 15 is 0 Å². The van der Waals surface area contributed by atoms with E-state index in [-0.39, 0.29) is 48.7 Å². The second-order valence-electron chi connectivity index (χ2n) is 14.2. The second kappa shape index (κ2) is 21.8. The lowest BCUT2D eigenvalue weighted by atomic mass is 9.99. The highest BCUT2D eigenvalue weighted by Gasteiger charge is 2.40. The number of cyclic esters (lactones) is 1. The SMILES string of the molecule is CCCCCC[C@H](O)CCC[C@H](O)[C@H]1CC[C@H]([C@H]2CC[C@H]([C@H](O)CCCC[C@H](O)CCCCCCCC3=C[C@@H](C)OC3=O)O2)O1. The highest BCUT2D eigenvalue weighted by Crippen LogP contribution is 2.34. The molecule has 0 unspecified atom stereocenters. The number of esters is 1. The van der Waals surface area contributed by atoms with Crippen molar-refractivity contribution in [1.82, 2.24) is 0 Å². The molecular formula is C37H66O8. The topological polar surface area (TPSA) is 126 Å². The molecule has 3 aliphatic heterocycles. The summed E-state index contributed by atoms with van der Waals surface area (Å²) in [7, 11) is 0. The molecule has 45 heavy (non-hydrogen) atoms. The monoisotopic (exact) mass is 638 g/mol. The van der Waals surface area contributed by atoms with Crippen LogP contribution in [0.15, 0.2) is 11.6 Å². The summed E-state index contributed by atoms with van der Waals surface area (Å²) >= 11 is 0. The number of carbonyl (C=O) groups excluding carboxylic acids is 1. The van der Waals surface area contributed by atoms with Crippen LogP contribution in [0.1, 0.15) is 162 Å². The zero-order valence-corrected chi connectivity index (χ0v) is 28.5. The number of hydrogen-bond donors (Lipinski definition) is 4. The van der Waals surface area contributed by atoms with Crippen LogP contribution in [0.3, 0.4) is 0 Å². The highest BCUT2D eigenvalue weighted by molar-refractivity contribution is 5.90. The van der Waals surface area contributed by atoms with Gasteiger partial charge in [-0.25, -0.2) is 4.79 Å². The Labute approximate surface area is 273 Å². The quantitative estimate of drug-likeness (QED) is 0.0634. The van der Waals surface area contributed by atoms with Gasteiger partial charge < -0.3 is 34.6 Å². The molecule has 0 aromatic carbocycles. The Bertz CT molecular complexity index is 833. The summed E-state index contributed by atoms with van der Waals surface area (Å²) in [6, 6.07) is 0. The van der Waals surface area contributed by atoms with Gasteiger partial charge >= 0.3 is 5.97 Å². The van der Waals surface area contributed by atoms with Gasteiger partial charge in [-0.2, -0.15) is 0 Å². The molecule has 8 heteroatoms. The van der Waals surface area contributed by atoms with Crippen LogP contribution >= 0.6 is 0 Å². The van der Waals surface area contributed by atoms with E-state index < -0.39 is 12.2 Å². The van der Waals surface area contributed by atoms with E-state index in [0.717, 1.165) is 121 Å². The zero-order chi connectivity index (χ0) is 32.4. The minimum absolute atomic E-state index is 0.0198. The fourth-order valence-corrected chi connectivity index (χ4v) is 7.30. The number of aliphatic hydroxyl groups excluding tert-OH is 4. The van der Waals surface area contributed by atoms with E-state index in [1.165, 1.54) is 19.3 Å². The number of carbonyl (C=O) groups is 1. The number of hydrogen-bond acceptors (Lipinski definition) is 8. The molecule has 0 aromatic heterocycles. The van der Waals surface area contributed by atoms with Gasteiger partial charge in [-0.15, -0.1) is 0 Å². The standard InChI is InChI=1S/C37H66O8/c1-3-4-5-10-16-30(39)19-14-21-32(41)34-23-25-36(45-34)35-24-22-33(44-35)31(40)20-13-12-18-29(38)17-11-8-6-7-9-15-28-26-27(2)43-37(28)42/h26-27,29-36,38-41H,3-25H2,1-2H3/t27-,29-,30+,31-,32+,33-,34-,35-,36-/m1/s1. The molecule has 0 radical (unpaired) electrons. The van der Waals surface area contributed by atoms with Crippen molar-refractivity contribution < 1.29 is 39.4 Å². The normalized spacial score (nSPS) is 27.8. The molecule has 2 fully saturated rings. The van der Waals surface area contributed by atoms with E-state index in [1.54, 1.807) is 0 Å². The minimum Gasteiger partial charge on any atom is -0.455 e. The van der Waals surface area contributed by atoms with Crippen LogP contribution in [-0.4, -0.2) is 81.3 Å². The molecule has 3 heterocycles. The van der Waals surface area contributed by atoms with Crippen LogP contribution in [0.5, 0.6) is 0 Å². The maximum Gasteiger partial charge on any atom is 0.334 e. The number of unbranched alkanes of at least 4 members (excludes halogenated alkanes) is 8. The smallest absolute Gasteiger partial charge is 0.334 e. The van der Waals surface area contributed by atoms with E-state index in [9.17, 15) is 25.2 Å². The summed E-state index contributed by atoms with van der Waals surface area (Å²) in [6.07, 6.45) is 21.3. The first-order valence-electron chi connectivity index (χ1n) is 18.7. The fourth-order valence-electron chi connectivity index (χ4n) is 7.30. The first kappa shape index (κ1) is 38.4. The van der Waals surface area contributed by atoms with Crippen LogP contribution < -0.4 is 0 Å². The average molecular weight is 639 g/mol. The highest BCUT2D eigenvalue weighted by atomic mass is 16.6. The number of rotatable bonds is 25. The Hall–Kier alpha value is -1.03. The van der Waals surface area contributed by atoms with Crippen molar-refractivity contribution in [1.29, 1.82) is 0 Å². The van der Waals surface area contributed by atoms with Gasteiger partial charge in [0.1, 0.15) is 6.10 Å². The molecule has 3 aliphatic rings. The van der Waals surface area contributed by atoms with Gasteiger partial charge in [0.05, 0.1) is 48.8 Å². The van der Waals surface area contributed by atoms with E-state index in [1.807, 2.05) is 13.0 Å². The van der Waals surface area contributed by atoms with Crippen LogP contribution in [0.25, 0.3) is 0 Å². The van der Waals surface area contributed by atoms with Crippen molar-refractivity contribution >= 4 is 5.97 Å². The van der Waals surface area contributed by atoms with Gasteiger partial charge in [-0.3, -0.25) is 0 Å². The summed E-state index contributed by atoms with van der Waals surface area (Å²) in [5.74, 6) is -0.158. The van der Waals surface area contributed by atoms with Gasteiger partial charge in [0, 0.05) is 5.57 Å². The zero-order valence-electron chi connectivity index (χ0n) is 28.5. The largest absolute Gasteiger partial charge is 0.455 e. The third-order valence-electron chi connectivity index (χ3n) is 10.1. The second-order valence-corrected chi connectivity index (χ2v) is 14.2. The Morgan fingerprint density at radius 3 is 1.67 bits per heavy atom. The van der Waals surface area contributed by atoms with Crippen molar-refractivity contribution in [2.24, 2.45) is 0 Å². The van der Waals surface area contributed by atoms with Crippen molar-refractivity contribution in [3.8, 4) is 0 Å². The summed E-state index contributed by atoms with van der Waals surface area (Å²) in [5, 5.41) is 42.0. The molecule has 2 saturated heterocycles. The Balaban J connectivity index is 1.16. The lowest BCUT2D eigenvalue weighted by Crippen LogP contribution is -2.33. The van der Waals surface area contributed by atoms with Crippen molar-refractivity contribution in [2.75, 3.05) is 0 Å². The van der Waals surface area contributed by atoms with Gasteiger partial charge in [-0.1, -0.05) is 71.1 Å². The first-order chi connectivity index (χ1) is 21.8. The molecule has 262 valence electrons. The summed E-state index contributed by atoms with van der Waals surface area (Å²) < 4.78 is 17.6. The van der Waals surface area contributed by atoms with Gasteiger partial charge in [0.15, 0.2) is 0 Å². The molecule has 9 atom stereocenters. The lowest BCUT2D eigenvalue weighted by Gasteiger charge is -2.24. The minimum atomic E-state index is -0.502. The van der Waals surface area contributed by atoms with Crippen LogP contribution in [0.2, 0.25) is 0 Å². The number of aliphatic hydroxyl groups is 4. The molecule has 0 saturated carbocycles. The predicted molar refractivity (Wildman–Crippen MR) is 177 cm³/mol. The number of ether oxygens (including phenoxy) is 3. The average Bonchev–Trinajstić information content (AvgIpc) is 3.77. The molecule has 4 N–H and O–H groups in total. The predicted octanol–water partition coefficient (Wildman–Crippen LogP) is 6.83. The summed E-state index contributed by atoms with van der Waals surface area (Å²) in [6.45, 7) is 4.08. The Morgan fingerprint density at radius 1 is 0.644 bits per heavy atom. The third-order valence-corrected chi connectivity index (χ3v) is 10.1. The van der Waals surface area contributed by atoms with E-state index in [2.05, 4.69) is 6.92 Å². The van der Waals surface area contributed by atoms with Crippen LogP contribution in [-0.2, 0) is 19.0 Å². The van der Waals surface area contributed by atoms with Crippen molar-refractivity contribution in [3.05, 3.63) is 11.6 Å². The van der Waals surface area contributed by atoms with Gasteiger partial charge in [0.25, 0.3) is 0 Å². The molecule has 0 aliphatic carbocycles. The summed E-state index contributed by atoms with van der Waals surface area (Å²) in [5.41, 5.74) is 0.822. The fraction of sp³-hybridized carbons (Fsp3) is 0.919. The van der Waals surface area contributed by atoms with E-state index in [0.29, 0.717) is 12.8 Å². The molecule has 0 aromatic rings. The Kier molecular flexibility index (Phi) is 18.6. The molecule has 8 nitrogen and oxygen atoms in total. The molecule has 0 spiro atoms. The van der Waals surface area contributed by atoms with Gasteiger partial charge in [-0.05, 0) is 96.5 Å². The van der Waals surface area contributed by atoms with E-state index in [4.69, 9.17) is 14.2 Å². The third kappa shape index (κ3) is 14.7. The van der Waals surface area contributed by atoms with Crippen molar-refractivity contribution in [3.63, 3.8) is 0 Å². The first-order valence-corrected chi connectivity index (χ1v) is 18.7. The molecule has 3 rings (SSSR count). The lowest BCUT2D eigenvalue weighted by molar-refractivity contribution is -0.139. The van der Waals surface area contributed by atoms with Crippen LogP contribution in [0.4, 0.5) is 0 Å². The van der Waals surface area contributed by atoms with Crippen molar-refractivity contribution in [2.45, 2.75) is 216 Å². The molecule has 0 amide bonds. The van der Waals surface area contributed by atoms with Crippen LogP contribution in [0, 0.1) is 0 Å². The maximum atomic E-state index is 11.6. The summed E-state index contributed by atoms with van der Waals surface area (Å²) in [4.78, 5) is 11.6. The Morgan fingerprint density at radius 2 is 1.11 bits per heavy atom. The van der Waals surface area contributed by atoms with Gasteiger partial charge in [0.2, 0.25) is 0 Å². The molecular weight excluding hydrogens is 572 g/mol. The maximum absolute atomic E-state index is 11.6. The molecule has 0 bridgehead atoms.